The van der Waals surface area contributed by atoms with Gasteiger partial charge in [0.15, 0.2) is 0 Å². The van der Waals surface area contributed by atoms with Gasteiger partial charge in [-0.25, -0.2) is 0 Å². The molecule has 5 nitrogen and oxygen atoms in total. The molecular weight excluding hydrogens is 230 g/mol. The second kappa shape index (κ2) is 6.00. The van der Waals surface area contributed by atoms with Crippen molar-refractivity contribution in [3.63, 3.8) is 0 Å². The molecule has 100 valence electrons. The van der Waals surface area contributed by atoms with Crippen molar-refractivity contribution in [1.29, 1.82) is 0 Å². The number of nitrogens with zero attached hydrogens (tertiary/aromatic N) is 2. The van der Waals surface area contributed by atoms with Gasteiger partial charge in [-0.2, -0.15) is 4.98 Å². The van der Waals surface area contributed by atoms with Crippen LogP contribution >= 0.6 is 0 Å². The zero-order valence-corrected chi connectivity index (χ0v) is 11.0. The Morgan fingerprint density at radius 2 is 2.11 bits per heavy atom. The summed E-state index contributed by atoms with van der Waals surface area (Å²) in [6.07, 6.45) is 6.81. The molecule has 1 aromatic rings. The molecule has 0 saturated heterocycles. The second-order valence-electron chi connectivity index (χ2n) is 4.95. The van der Waals surface area contributed by atoms with Gasteiger partial charge in [0.2, 0.25) is 11.8 Å². The quantitative estimate of drug-likeness (QED) is 0.863. The molecule has 1 saturated carbocycles. The van der Waals surface area contributed by atoms with Gasteiger partial charge in [-0.05, 0) is 39.7 Å². The van der Waals surface area contributed by atoms with E-state index in [9.17, 15) is 0 Å². The van der Waals surface area contributed by atoms with Gasteiger partial charge < -0.3 is 15.2 Å². The molecule has 1 aliphatic carbocycles. The Morgan fingerprint density at radius 3 is 2.83 bits per heavy atom. The van der Waals surface area contributed by atoms with Crippen molar-refractivity contribution in [2.45, 2.75) is 45.3 Å². The molecule has 0 bridgehead atoms. The van der Waals surface area contributed by atoms with Gasteiger partial charge in [0.25, 0.3) is 0 Å². The maximum atomic E-state index is 5.87. The Balaban J connectivity index is 2.00. The van der Waals surface area contributed by atoms with Gasteiger partial charge >= 0.3 is 0 Å². The van der Waals surface area contributed by atoms with Crippen LogP contribution in [0.1, 0.15) is 33.1 Å². The van der Waals surface area contributed by atoms with Crippen molar-refractivity contribution < 1.29 is 9.47 Å². The number of hydrogen-bond acceptors (Lipinski definition) is 5. The van der Waals surface area contributed by atoms with Crippen molar-refractivity contribution in [1.82, 2.24) is 9.97 Å². The molecule has 2 atom stereocenters. The molecule has 1 aliphatic rings. The summed E-state index contributed by atoms with van der Waals surface area (Å²) in [5.74, 6) is 1.46. The van der Waals surface area contributed by atoms with E-state index < -0.39 is 0 Å². The van der Waals surface area contributed by atoms with Crippen LogP contribution in [0.4, 0.5) is 0 Å². The Labute approximate surface area is 108 Å². The van der Waals surface area contributed by atoms with Crippen LogP contribution in [0, 0.1) is 5.92 Å². The van der Waals surface area contributed by atoms with Crippen LogP contribution in [-0.4, -0.2) is 28.7 Å². The average molecular weight is 251 g/mol. The smallest absolute Gasteiger partial charge is 0.235 e. The van der Waals surface area contributed by atoms with E-state index in [1.165, 1.54) is 6.42 Å². The maximum absolute atomic E-state index is 5.87. The maximum Gasteiger partial charge on any atom is 0.235 e. The molecule has 0 aliphatic heterocycles. The molecule has 0 radical (unpaired) electrons. The summed E-state index contributed by atoms with van der Waals surface area (Å²) >= 11 is 0. The number of nitrogens with two attached hydrogens (primary N) is 1. The SMILES string of the molecule is CC(C)Oc1cncc(OC2CCCC2CN)n1. The van der Waals surface area contributed by atoms with E-state index in [1.807, 2.05) is 13.8 Å². The minimum Gasteiger partial charge on any atom is -0.474 e. The fourth-order valence-electron chi connectivity index (χ4n) is 2.27. The molecular formula is C13H21N3O2. The second-order valence-corrected chi connectivity index (χ2v) is 4.95. The van der Waals surface area contributed by atoms with Crippen LogP contribution in [0.15, 0.2) is 12.4 Å². The minimum absolute atomic E-state index is 0.0813. The third-order valence-electron chi connectivity index (χ3n) is 3.11. The van der Waals surface area contributed by atoms with Crippen molar-refractivity contribution >= 4 is 0 Å². The first kappa shape index (κ1) is 13.1. The third-order valence-corrected chi connectivity index (χ3v) is 3.11. The Bertz CT molecular complexity index is 384. The molecule has 2 unspecified atom stereocenters. The minimum atomic E-state index is 0.0813. The van der Waals surface area contributed by atoms with Crippen molar-refractivity contribution in [2.24, 2.45) is 11.7 Å². The first-order valence-electron chi connectivity index (χ1n) is 6.54. The lowest BCUT2D eigenvalue weighted by Gasteiger charge is -2.19. The van der Waals surface area contributed by atoms with E-state index in [4.69, 9.17) is 15.2 Å². The third kappa shape index (κ3) is 3.32. The molecule has 5 heteroatoms. The Morgan fingerprint density at radius 1 is 1.33 bits per heavy atom. The van der Waals surface area contributed by atoms with E-state index in [0.717, 1.165) is 12.8 Å². The summed E-state index contributed by atoms with van der Waals surface area (Å²) < 4.78 is 11.4. The first-order valence-corrected chi connectivity index (χ1v) is 6.54. The summed E-state index contributed by atoms with van der Waals surface area (Å²) in [7, 11) is 0. The standard InChI is InChI=1S/C13H21N3O2/c1-9(2)17-12-7-15-8-13(16-12)18-11-5-3-4-10(11)6-14/h7-11H,3-6,14H2,1-2H3. The summed E-state index contributed by atoms with van der Waals surface area (Å²) in [5.41, 5.74) is 5.73. The topological polar surface area (TPSA) is 70.3 Å². The van der Waals surface area contributed by atoms with Crippen LogP contribution in [0.2, 0.25) is 0 Å². The van der Waals surface area contributed by atoms with Crippen molar-refractivity contribution in [2.75, 3.05) is 6.54 Å². The average Bonchev–Trinajstić information content (AvgIpc) is 2.76. The fraction of sp³-hybridized carbons (Fsp3) is 0.692. The monoisotopic (exact) mass is 251 g/mol. The lowest BCUT2D eigenvalue weighted by atomic mass is 10.1. The van der Waals surface area contributed by atoms with Crippen molar-refractivity contribution in [3.05, 3.63) is 12.4 Å². The summed E-state index contributed by atoms with van der Waals surface area (Å²) in [4.78, 5) is 8.38. The zero-order valence-electron chi connectivity index (χ0n) is 11.0. The molecule has 0 spiro atoms. The van der Waals surface area contributed by atoms with Gasteiger partial charge in [0.05, 0.1) is 18.5 Å². The van der Waals surface area contributed by atoms with E-state index >= 15 is 0 Å². The van der Waals surface area contributed by atoms with E-state index in [-0.39, 0.29) is 12.2 Å². The Kier molecular flexibility index (Phi) is 4.36. The molecule has 2 rings (SSSR count). The van der Waals surface area contributed by atoms with Gasteiger partial charge in [-0.15, -0.1) is 0 Å². The number of hydrogen-bond donors (Lipinski definition) is 1. The lowest BCUT2D eigenvalue weighted by molar-refractivity contribution is 0.150. The molecule has 2 N–H and O–H groups in total. The van der Waals surface area contributed by atoms with Crippen molar-refractivity contribution in [3.8, 4) is 11.8 Å². The van der Waals surface area contributed by atoms with Gasteiger partial charge in [0.1, 0.15) is 6.10 Å². The highest BCUT2D eigenvalue weighted by atomic mass is 16.5. The van der Waals surface area contributed by atoms with Gasteiger partial charge in [-0.3, -0.25) is 4.98 Å². The molecule has 0 amide bonds. The molecule has 1 heterocycles. The van der Waals surface area contributed by atoms with Crippen LogP contribution in [0.5, 0.6) is 11.8 Å². The van der Waals surface area contributed by atoms with Gasteiger partial charge in [-0.1, -0.05) is 0 Å². The van der Waals surface area contributed by atoms with Crippen LogP contribution < -0.4 is 15.2 Å². The molecule has 18 heavy (non-hydrogen) atoms. The highest BCUT2D eigenvalue weighted by molar-refractivity contribution is 5.13. The molecule has 1 fully saturated rings. The Hall–Kier alpha value is -1.36. The van der Waals surface area contributed by atoms with Crippen LogP contribution in [-0.2, 0) is 0 Å². The number of rotatable bonds is 5. The van der Waals surface area contributed by atoms with E-state index in [2.05, 4.69) is 9.97 Å². The predicted octanol–water partition coefficient (Wildman–Crippen LogP) is 1.77. The van der Waals surface area contributed by atoms with Crippen LogP contribution in [0.25, 0.3) is 0 Å². The summed E-state index contributed by atoms with van der Waals surface area (Å²) in [6.45, 7) is 4.58. The van der Waals surface area contributed by atoms with Gasteiger partial charge in [0, 0.05) is 5.92 Å². The molecule has 1 aromatic heterocycles. The fourth-order valence-corrected chi connectivity index (χ4v) is 2.27. The summed E-state index contributed by atoms with van der Waals surface area (Å²) in [6, 6.07) is 0. The zero-order chi connectivity index (χ0) is 13.0. The predicted molar refractivity (Wildman–Crippen MR) is 68.6 cm³/mol. The number of ether oxygens (including phenoxy) is 2. The highest BCUT2D eigenvalue weighted by Crippen LogP contribution is 2.28. The largest absolute Gasteiger partial charge is 0.474 e. The highest BCUT2D eigenvalue weighted by Gasteiger charge is 2.28. The molecule has 0 aromatic carbocycles. The lowest BCUT2D eigenvalue weighted by Crippen LogP contribution is -2.28. The summed E-state index contributed by atoms with van der Waals surface area (Å²) in [5, 5.41) is 0. The van der Waals surface area contributed by atoms with Crippen LogP contribution in [0.3, 0.4) is 0 Å². The normalized spacial score (nSPS) is 23.3. The first-order chi connectivity index (χ1) is 8.69. The van der Waals surface area contributed by atoms with E-state index in [1.54, 1.807) is 12.4 Å². The number of aromatic nitrogens is 2. The van der Waals surface area contributed by atoms with E-state index in [0.29, 0.717) is 24.2 Å².